The molecular weight excluding hydrogens is 382 g/mol. The minimum absolute atomic E-state index is 0.0111. The first-order chi connectivity index (χ1) is 15.2. The number of hydrogen-bond donors (Lipinski definition) is 0. The van der Waals surface area contributed by atoms with Crippen LogP contribution in [0.15, 0.2) is 84.9 Å². The zero-order valence-corrected chi connectivity index (χ0v) is 18.5. The van der Waals surface area contributed by atoms with Crippen LogP contribution < -0.4 is 9.64 Å². The number of methoxy groups -OCH3 is 1. The van der Waals surface area contributed by atoms with Crippen LogP contribution in [0.2, 0.25) is 0 Å². The van der Waals surface area contributed by atoms with Crippen LogP contribution in [0.25, 0.3) is 6.08 Å². The van der Waals surface area contributed by atoms with E-state index in [4.69, 9.17) is 4.74 Å². The van der Waals surface area contributed by atoms with Gasteiger partial charge in [0.25, 0.3) is 5.91 Å². The van der Waals surface area contributed by atoms with Gasteiger partial charge in [-0.2, -0.15) is 0 Å². The van der Waals surface area contributed by atoms with Crippen LogP contribution in [0.4, 0.5) is 5.69 Å². The van der Waals surface area contributed by atoms with Crippen molar-refractivity contribution in [2.45, 2.75) is 32.6 Å². The SMILES string of the molecule is CCCCCc1ccc(C(=O)N(CC=Cc2ccccc2)c2ccc(OC)cc2)cc1. The zero-order valence-electron chi connectivity index (χ0n) is 18.5. The predicted molar refractivity (Wildman–Crippen MR) is 130 cm³/mol. The maximum Gasteiger partial charge on any atom is 0.258 e. The van der Waals surface area contributed by atoms with Crippen molar-refractivity contribution in [3.63, 3.8) is 0 Å². The zero-order chi connectivity index (χ0) is 21.9. The van der Waals surface area contributed by atoms with Gasteiger partial charge in [0.1, 0.15) is 5.75 Å². The molecule has 0 bridgehead atoms. The number of aryl methyl sites for hydroxylation is 1. The Morgan fingerprint density at radius 3 is 2.26 bits per heavy atom. The van der Waals surface area contributed by atoms with Gasteiger partial charge in [-0.15, -0.1) is 0 Å². The molecule has 0 radical (unpaired) electrons. The summed E-state index contributed by atoms with van der Waals surface area (Å²) < 4.78 is 5.27. The highest BCUT2D eigenvalue weighted by Gasteiger charge is 2.17. The Morgan fingerprint density at radius 1 is 0.903 bits per heavy atom. The number of hydrogen-bond acceptors (Lipinski definition) is 2. The van der Waals surface area contributed by atoms with Gasteiger partial charge in [0.15, 0.2) is 0 Å². The van der Waals surface area contributed by atoms with Crippen LogP contribution in [0.1, 0.15) is 47.7 Å². The van der Waals surface area contributed by atoms with E-state index in [9.17, 15) is 4.79 Å². The van der Waals surface area contributed by atoms with Crippen LogP contribution >= 0.6 is 0 Å². The highest BCUT2D eigenvalue weighted by molar-refractivity contribution is 6.06. The summed E-state index contributed by atoms with van der Waals surface area (Å²) in [4.78, 5) is 15.2. The molecule has 0 atom stereocenters. The highest BCUT2D eigenvalue weighted by atomic mass is 16.5. The van der Waals surface area contributed by atoms with Crippen LogP contribution in [-0.2, 0) is 6.42 Å². The van der Waals surface area contributed by atoms with E-state index in [1.165, 1.54) is 24.8 Å². The average molecular weight is 414 g/mol. The second kappa shape index (κ2) is 11.8. The number of benzene rings is 3. The van der Waals surface area contributed by atoms with Crippen molar-refractivity contribution in [1.82, 2.24) is 0 Å². The minimum Gasteiger partial charge on any atom is -0.497 e. The van der Waals surface area contributed by atoms with E-state index < -0.39 is 0 Å². The number of rotatable bonds is 10. The molecule has 3 aromatic rings. The molecule has 0 saturated carbocycles. The molecule has 0 unspecified atom stereocenters. The normalized spacial score (nSPS) is 10.9. The first-order valence-electron chi connectivity index (χ1n) is 11.0. The molecule has 0 heterocycles. The first kappa shape index (κ1) is 22.4. The molecule has 0 fully saturated rings. The lowest BCUT2D eigenvalue weighted by Crippen LogP contribution is -2.31. The first-order valence-corrected chi connectivity index (χ1v) is 11.0. The standard InChI is InChI=1S/C28H31NO2/c1-3-4-6-10-24-14-16-25(17-15-24)28(30)29(26-18-20-27(31-2)21-19-26)22-9-13-23-11-7-5-8-12-23/h5,7-9,11-21H,3-4,6,10,22H2,1-2H3. The number of carbonyl (C=O) groups is 1. The molecule has 0 aliphatic heterocycles. The Balaban J connectivity index is 1.78. The van der Waals surface area contributed by atoms with Gasteiger partial charge in [0.05, 0.1) is 7.11 Å². The number of anilines is 1. The molecular formula is C28H31NO2. The number of amides is 1. The van der Waals surface area contributed by atoms with E-state index in [1.54, 1.807) is 12.0 Å². The number of unbranched alkanes of at least 4 members (excludes halogenated alkanes) is 2. The van der Waals surface area contributed by atoms with Crippen molar-refractivity contribution in [3.8, 4) is 5.75 Å². The Bertz CT molecular complexity index is 960. The molecule has 0 N–H and O–H groups in total. The van der Waals surface area contributed by atoms with Crippen LogP contribution in [0.3, 0.4) is 0 Å². The van der Waals surface area contributed by atoms with Crippen molar-refractivity contribution in [2.75, 3.05) is 18.6 Å². The third kappa shape index (κ3) is 6.58. The molecule has 0 aliphatic carbocycles. The molecule has 3 aromatic carbocycles. The quantitative estimate of drug-likeness (QED) is 0.343. The van der Waals surface area contributed by atoms with Gasteiger partial charge in [0, 0.05) is 17.8 Å². The van der Waals surface area contributed by atoms with E-state index in [0.29, 0.717) is 12.1 Å². The second-order valence-electron chi connectivity index (χ2n) is 7.58. The molecule has 0 saturated heterocycles. The smallest absolute Gasteiger partial charge is 0.258 e. The number of ether oxygens (including phenoxy) is 1. The van der Waals surface area contributed by atoms with E-state index in [2.05, 4.69) is 19.1 Å². The summed E-state index contributed by atoms with van der Waals surface area (Å²) in [7, 11) is 1.64. The van der Waals surface area contributed by atoms with Crippen molar-refractivity contribution in [3.05, 3.63) is 102 Å². The lowest BCUT2D eigenvalue weighted by molar-refractivity contribution is 0.0989. The summed E-state index contributed by atoms with van der Waals surface area (Å²) in [5, 5.41) is 0. The van der Waals surface area contributed by atoms with E-state index in [-0.39, 0.29) is 5.91 Å². The average Bonchev–Trinajstić information content (AvgIpc) is 2.83. The van der Waals surface area contributed by atoms with Gasteiger partial charge in [-0.25, -0.2) is 0 Å². The van der Waals surface area contributed by atoms with E-state index in [0.717, 1.165) is 23.4 Å². The van der Waals surface area contributed by atoms with Gasteiger partial charge in [-0.3, -0.25) is 4.79 Å². The number of nitrogens with zero attached hydrogens (tertiary/aromatic N) is 1. The molecule has 1 amide bonds. The molecule has 3 nitrogen and oxygen atoms in total. The van der Waals surface area contributed by atoms with Gasteiger partial charge in [0.2, 0.25) is 0 Å². The molecule has 31 heavy (non-hydrogen) atoms. The Hall–Kier alpha value is -3.33. The van der Waals surface area contributed by atoms with Crippen molar-refractivity contribution in [2.24, 2.45) is 0 Å². The Kier molecular flexibility index (Phi) is 8.48. The highest BCUT2D eigenvalue weighted by Crippen LogP contribution is 2.22. The fraction of sp³-hybridized carbons (Fsp3) is 0.250. The molecule has 0 aromatic heterocycles. The monoisotopic (exact) mass is 413 g/mol. The van der Waals surface area contributed by atoms with E-state index in [1.807, 2.05) is 78.9 Å². The number of carbonyl (C=O) groups excluding carboxylic acids is 1. The summed E-state index contributed by atoms with van der Waals surface area (Å²) >= 11 is 0. The molecule has 3 heteroatoms. The van der Waals surface area contributed by atoms with Crippen LogP contribution in [0, 0.1) is 0 Å². The fourth-order valence-corrected chi connectivity index (χ4v) is 3.48. The molecule has 0 aliphatic rings. The maximum atomic E-state index is 13.4. The van der Waals surface area contributed by atoms with Crippen LogP contribution in [-0.4, -0.2) is 19.6 Å². The third-order valence-corrected chi connectivity index (χ3v) is 5.30. The van der Waals surface area contributed by atoms with Gasteiger partial charge in [-0.1, -0.05) is 74.4 Å². The lowest BCUT2D eigenvalue weighted by Gasteiger charge is -2.22. The van der Waals surface area contributed by atoms with Crippen molar-refractivity contribution < 1.29 is 9.53 Å². The van der Waals surface area contributed by atoms with Crippen LogP contribution in [0.5, 0.6) is 5.75 Å². The van der Waals surface area contributed by atoms with Crippen molar-refractivity contribution in [1.29, 1.82) is 0 Å². The minimum atomic E-state index is -0.0111. The predicted octanol–water partition coefficient (Wildman–Crippen LogP) is 6.79. The van der Waals surface area contributed by atoms with Gasteiger partial charge >= 0.3 is 0 Å². The summed E-state index contributed by atoms with van der Waals surface area (Å²) in [5.74, 6) is 0.760. The van der Waals surface area contributed by atoms with Crippen molar-refractivity contribution >= 4 is 17.7 Å². The van der Waals surface area contributed by atoms with Gasteiger partial charge in [-0.05, 0) is 60.4 Å². The molecule has 0 spiro atoms. The lowest BCUT2D eigenvalue weighted by atomic mass is 10.0. The summed E-state index contributed by atoms with van der Waals surface area (Å²) in [5.41, 5.74) is 3.93. The Morgan fingerprint density at radius 2 is 1.61 bits per heavy atom. The summed E-state index contributed by atoms with van der Waals surface area (Å²) in [6.45, 7) is 2.69. The maximum absolute atomic E-state index is 13.4. The second-order valence-corrected chi connectivity index (χ2v) is 7.58. The van der Waals surface area contributed by atoms with E-state index >= 15 is 0 Å². The topological polar surface area (TPSA) is 29.5 Å². The molecule has 160 valence electrons. The fourth-order valence-electron chi connectivity index (χ4n) is 3.48. The summed E-state index contributed by atoms with van der Waals surface area (Å²) in [6, 6.07) is 25.8. The summed E-state index contributed by atoms with van der Waals surface area (Å²) in [6.07, 6.45) is 8.76. The largest absolute Gasteiger partial charge is 0.497 e. The Labute approximate surface area is 186 Å². The van der Waals surface area contributed by atoms with Gasteiger partial charge < -0.3 is 9.64 Å². The third-order valence-electron chi connectivity index (χ3n) is 5.30. The molecule has 3 rings (SSSR count).